The average Bonchev–Trinajstić information content (AvgIpc) is 3.01. The number of aromatic nitrogens is 4. The summed E-state index contributed by atoms with van der Waals surface area (Å²) in [6.07, 6.45) is 5.17. The molecule has 1 amide bonds. The lowest BCUT2D eigenvalue weighted by Gasteiger charge is -2.13. The van der Waals surface area contributed by atoms with E-state index in [2.05, 4.69) is 20.3 Å². The Balaban J connectivity index is 1.53. The van der Waals surface area contributed by atoms with E-state index in [1.165, 1.54) is 37.0 Å². The van der Waals surface area contributed by atoms with Crippen LogP contribution in [0.25, 0.3) is 16.9 Å². The number of carbonyl (C=O) groups excluding carboxylic acids is 3. The summed E-state index contributed by atoms with van der Waals surface area (Å²) in [5.74, 6) is -2.03. The van der Waals surface area contributed by atoms with Crippen LogP contribution in [0.4, 0.5) is 5.69 Å². The number of hydrogen-bond acceptors (Lipinski definition) is 9. The molecule has 1 N–H and O–H groups in total. The Labute approximate surface area is 233 Å². The number of benzene rings is 2. The van der Waals surface area contributed by atoms with Crippen LogP contribution in [0.5, 0.6) is 0 Å². The van der Waals surface area contributed by atoms with Gasteiger partial charge in [-0.3, -0.25) is 19.1 Å². The smallest absolute Gasteiger partial charge is 0.337 e. The number of rotatable bonds is 7. The predicted octanol–water partition coefficient (Wildman–Crippen LogP) is 3.59. The van der Waals surface area contributed by atoms with Gasteiger partial charge in [0.15, 0.2) is 5.65 Å². The van der Waals surface area contributed by atoms with Crippen LogP contribution in [0.1, 0.15) is 42.3 Å². The minimum atomic E-state index is -0.717. The van der Waals surface area contributed by atoms with Crippen molar-refractivity contribution >= 4 is 34.7 Å². The minimum absolute atomic E-state index is 0.0105. The lowest BCUT2D eigenvalue weighted by molar-refractivity contribution is 0.0599. The van der Waals surface area contributed by atoms with E-state index in [0.29, 0.717) is 28.2 Å². The lowest BCUT2D eigenvalue weighted by Crippen LogP contribution is -2.25. The number of nitrogens with one attached hydrogen (secondary N) is 1. The summed E-state index contributed by atoms with van der Waals surface area (Å²) in [6.45, 7) is 0. The van der Waals surface area contributed by atoms with Crippen molar-refractivity contribution in [2.75, 3.05) is 19.5 Å². The topological polar surface area (TPSA) is 142 Å². The van der Waals surface area contributed by atoms with Crippen LogP contribution in [0.2, 0.25) is 0 Å². The Bertz CT molecular complexity index is 1820. The molecule has 0 aliphatic carbocycles. The van der Waals surface area contributed by atoms with Crippen molar-refractivity contribution in [2.45, 2.75) is 6.42 Å². The maximum absolute atomic E-state index is 13.7. The maximum Gasteiger partial charge on any atom is 0.337 e. The summed E-state index contributed by atoms with van der Waals surface area (Å²) in [4.78, 5) is 64.2. The minimum Gasteiger partial charge on any atom is -0.465 e. The van der Waals surface area contributed by atoms with Gasteiger partial charge in [0.05, 0.1) is 31.0 Å². The van der Waals surface area contributed by atoms with Crippen LogP contribution in [0, 0.1) is 0 Å². The van der Waals surface area contributed by atoms with Crippen LogP contribution in [-0.4, -0.2) is 51.6 Å². The number of carbonyl (C=O) groups is 3. The van der Waals surface area contributed by atoms with E-state index in [4.69, 9.17) is 9.47 Å². The number of fused-ring (bicyclic) bond motifs is 1. The standard InChI is InChI=1S/C30H23N5O6/c1-40-29(38)20-13-19(14-21(15-20)30(39)41-2)27(36)33-22-7-3-8-23(16-22)35-26-24(9-5-11-32-26)34-25(28(35)37)12-18-6-4-10-31-17-18/h3-11,13-17H,12H2,1-2H3,(H,33,36). The van der Waals surface area contributed by atoms with E-state index in [1.807, 2.05) is 6.07 Å². The first-order valence-corrected chi connectivity index (χ1v) is 12.4. The molecule has 11 nitrogen and oxygen atoms in total. The summed E-state index contributed by atoms with van der Waals surface area (Å²) >= 11 is 0. The van der Waals surface area contributed by atoms with Crippen LogP contribution >= 0.6 is 0 Å². The summed E-state index contributed by atoms with van der Waals surface area (Å²) in [5, 5.41) is 2.76. The van der Waals surface area contributed by atoms with Gasteiger partial charge in [-0.05, 0) is 60.2 Å². The number of anilines is 1. The van der Waals surface area contributed by atoms with E-state index in [1.54, 1.807) is 61.1 Å². The molecular weight excluding hydrogens is 526 g/mol. The Morgan fingerprint density at radius 3 is 2.24 bits per heavy atom. The van der Waals surface area contributed by atoms with Crippen molar-refractivity contribution in [1.29, 1.82) is 0 Å². The molecule has 0 spiro atoms. The number of esters is 2. The molecule has 11 heteroatoms. The number of hydrogen-bond donors (Lipinski definition) is 1. The summed E-state index contributed by atoms with van der Waals surface area (Å²) < 4.78 is 10.9. The first-order valence-electron chi connectivity index (χ1n) is 12.4. The molecule has 0 saturated carbocycles. The zero-order valence-electron chi connectivity index (χ0n) is 22.0. The number of ether oxygens (including phenoxy) is 2. The highest BCUT2D eigenvalue weighted by molar-refractivity contribution is 6.07. The maximum atomic E-state index is 13.7. The molecule has 2 aromatic carbocycles. The van der Waals surface area contributed by atoms with Crippen LogP contribution < -0.4 is 10.9 Å². The quantitative estimate of drug-likeness (QED) is 0.301. The van der Waals surface area contributed by atoms with Gasteiger partial charge in [-0.25, -0.2) is 19.6 Å². The lowest BCUT2D eigenvalue weighted by atomic mass is 10.0. The highest BCUT2D eigenvalue weighted by atomic mass is 16.5. The predicted molar refractivity (Wildman–Crippen MR) is 149 cm³/mol. The average molecular weight is 550 g/mol. The fourth-order valence-corrected chi connectivity index (χ4v) is 4.27. The van der Waals surface area contributed by atoms with Crippen molar-refractivity contribution in [1.82, 2.24) is 19.5 Å². The molecule has 0 aliphatic rings. The van der Waals surface area contributed by atoms with Gasteiger partial charge in [-0.1, -0.05) is 12.1 Å². The molecule has 5 aromatic rings. The van der Waals surface area contributed by atoms with Crippen molar-refractivity contribution in [3.05, 3.63) is 124 Å². The van der Waals surface area contributed by atoms with Crippen LogP contribution in [0.3, 0.4) is 0 Å². The highest BCUT2D eigenvalue weighted by Gasteiger charge is 2.18. The van der Waals surface area contributed by atoms with Crippen LogP contribution in [-0.2, 0) is 15.9 Å². The van der Waals surface area contributed by atoms with E-state index in [-0.39, 0.29) is 28.7 Å². The largest absolute Gasteiger partial charge is 0.465 e. The first kappa shape index (κ1) is 26.9. The molecule has 0 saturated heterocycles. The molecular formula is C30H23N5O6. The van der Waals surface area contributed by atoms with Crippen molar-refractivity contribution in [3.8, 4) is 5.69 Å². The Morgan fingerprint density at radius 1 is 0.854 bits per heavy atom. The summed E-state index contributed by atoms with van der Waals surface area (Å²) in [6, 6.07) is 17.7. The number of nitrogens with zero attached hydrogens (tertiary/aromatic N) is 4. The first-order chi connectivity index (χ1) is 19.9. The molecule has 0 unspecified atom stereocenters. The van der Waals surface area contributed by atoms with Gasteiger partial charge >= 0.3 is 11.9 Å². The molecule has 0 radical (unpaired) electrons. The zero-order valence-corrected chi connectivity index (χ0v) is 22.0. The van der Waals surface area contributed by atoms with Crippen molar-refractivity contribution in [2.24, 2.45) is 0 Å². The SMILES string of the molecule is COC(=O)c1cc(C(=O)Nc2cccc(-n3c(=O)c(Cc4cccnc4)nc4cccnc43)c2)cc(C(=O)OC)c1. The second-order valence-corrected chi connectivity index (χ2v) is 8.87. The van der Waals surface area contributed by atoms with E-state index in [9.17, 15) is 19.2 Å². The number of amides is 1. The van der Waals surface area contributed by atoms with Crippen molar-refractivity contribution < 1.29 is 23.9 Å². The third kappa shape index (κ3) is 5.69. The van der Waals surface area contributed by atoms with Gasteiger partial charge < -0.3 is 14.8 Å². The van der Waals surface area contributed by atoms with Gasteiger partial charge in [-0.2, -0.15) is 0 Å². The fraction of sp³-hybridized carbons (Fsp3) is 0.100. The van der Waals surface area contributed by atoms with Gasteiger partial charge in [0.25, 0.3) is 11.5 Å². The van der Waals surface area contributed by atoms with E-state index in [0.717, 1.165) is 5.56 Å². The molecule has 3 aromatic heterocycles. The van der Waals surface area contributed by atoms with Crippen LogP contribution in [0.15, 0.2) is 90.1 Å². The Hall–Kier alpha value is -5.71. The molecule has 204 valence electrons. The zero-order chi connectivity index (χ0) is 28.9. The van der Waals surface area contributed by atoms with Crippen molar-refractivity contribution in [3.63, 3.8) is 0 Å². The molecule has 0 bridgehead atoms. The summed E-state index contributed by atoms with van der Waals surface area (Å²) in [5.41, 5.74) is 2.51. The highest BCUT2D eigenvalue weighted by Crippen LogP contribution is 2.20. The third-order valence-corrected chi connectivity index (χ3v) is 6.18. The van der Waals surface area contributed by atoms with Gasteiger partial charge in [-0.15, -0.1) is 0 Å². The second-order valence-electron chi connectivity index (χ2n) is 8.87. The molecule has 0 fully saturated rings. The van der Waals surface area contributed by atoms with Gasteiger partial charge in [0.1, 0.15) is 11.2 Å². The molecule has 3 heterocycles. The molecule has 0 atom stereocenters. The monoisotopic (exact) mass is 549 g/mol. The second kappa shape index (κ2) is 11.6. The van der Waals surface area contributed by atoms with Gasteiger partial charge in [0.2, 0.25) is 0 Å². The molecule has 0 aliphatic heterocycles. The number of pyridine rings is 2. The van der Waals surface area contributed by atoms with E-state index < -0.39 is 17.8 Å². The fourth-order valence-electron chi connectivity index (χ4n) is 4.27. The summed E-state index contributed by atoms with van der Waals surface area (Å²) in [7, 11) is 2.39. The third-order valence-electron chi connectivity index (χ3n) is 6.18. The Kier molecular flexibility index (Phi) is 7.59. The Morgan fingerprint density at radius 2 is 1.56 bits per heavy atom. The van der Waals surface area contributed by atoms with E-state index >= 15 is 0 Å². The molecule has 41 heavy (non-hydrogen) atoms. The molecule has 5 rings (SSSR count). The normalized spacial score (nSPS) is 10.7. The van der Waals surface area contributed by atoms with Gasteiger partial charge in [0, 0.05) is 36.3 Å². The number of methoxy groups -OCH3 is 2.